The number of ether oxygens (including phenoxy) is 1. The van der Waals surface area contributed by atoms with E-state index >= 15 is 0 Å². The Bertz CT molecular complexity index is 767. The Kier molecular flexibility index (Phi) is 3.49. The second-order valence-electron chi connectivity index (χ2n) is 5.68. The molecule has 22 heavy (non-hydrogen) atoms. The van der Waals surface area contributed by atoms with Crippen LogP contribution >= 0.6 is 0 Å². The van der Waals surface area contributed by atoms with Crippen LogP contribution in [0, 0.1) is 0 Å². The molecule has 1 aliphatic rings. The molecule has 0 unspecified atom stereocenters. The Morgan fingerprint density at radius 2 is 1.86 bits per heavy atom. The van der Waals surface area contributed by atoms with Crippen molar-refractivity contribution in [1.29, 1.82) is 0 Å². The normalized spacial score (nSPS) is 21.1. The maximum absolute atomic E-state index is 6.37. The number of benzene rings is 2. The third-order valence-electron chi connectivity index (χ3n) is 4.31. The molecular weight excluding hydrogens is 272 g/mol. The molecule has 1 fully saturated rings. The fourth-order valence-electron chi connectivity index (χ4n) is 3.17. The number of aromatic nitrogens is 1. The first kappa shape index (κ1) is 13.3. The highest BCUT2D eigenvalue weighted by Crippen LogP contribution is 2.30. The SMILES string of the molecule is c1ccc([C@H]2CNC[C@@H]2Oc2cccc3cnccc23)cc1. The molecular formula is C19H18N2O. The van der Waals surface area contributed by atoms with E-state index in [1.54, 1.807) is 0 Å². The molecule has 0 spiro atoms. The topological polar surface area (TPSA) is 34.1 Å². The first-order valence-electron chi connectivity index (χ1n) is 7.67. The van der Waals surface area contributed by atoms with Crippen LogP contribution < -0.4 is 10.1 Å². The minimum atomic E-state index is 0.154. The summed E-state index contributed by atoms with van der Waals surface area (Å²) in [6, 6.07) is 18.8. The predicted octanol–water partition coefficient (Wildman–Crippen LogP) is 3.37. The van der Waals surface area contributed by atoms with Gasteiger partial charge in [0.05, 0.1) is 0 Å². The van der Waals surface area contributed by atoms with E-state index in [0.717, 1.165) is 29.6 Å². The van der Waals surface area contributed by atoms with Crippen molar-refractivity contribution in [2.75, 3.05) is 13.1 Å². The highest BCUT2D eigenvalue weighted by molar-refractivity contribution is 5.87. The molecule has 0 bridgehead atoms. The smallest absolute Gasteiger partial charge is 0.127 e. The maximum Gasteiger partial charge on any atom is 0.127 e. The van der Waals surface area contributed by atoms with Crippen molar-refractivity contribution in [2.24, 2.45) is 0 Å². The molecule has 110 valence electrons. The lowest BCUT2D eigenvalue weighted by Gasteiger charge is -2.21. The Hall–Kier alpha value is -2.39. The lowest BCUT2D eigenvalue weighted by Crippen LogP contribution is -2.24. The van der Waals surface area contributed by atoms with Crippen LogP contribution in [0.1, 0.15) is 11.5 Å². The van der Waals surface area contributed by atoms with Gasteiger partial charge in [0.1, 0.15) is 11.9 Å². The van der Waals surface area contributed by atoms with Crippen LogP contribution in [0.5, 0.6) is 5.75 Å². The van der Waals surface area contributed by atoms with Crippen molar-refractivity contribution < 1.29 is 4.74 Å². The Labute approximate surface area is 130 Å². The van der Waals surface area contributed by atoms with E-state index in [1.807, 2.05) is 30.6 Å². The fourth-order valence-corrected chi connectivity index (χ4v) is 3.17. The van der Waals surface area contributed by atoms with Crippen LogP contribution in [-0.2, 0) is 0 Å². The molecule has 1 aromatic heterocycles. The molecule has 3 heteroatoms. The molecule has 0 saturated carbocycles. The lowest BCUT2D eigenvalue weighted by molar-refractivity contribution is 0.207. The summed E-state index contributed by atoms with van der Waals surface area (Å²) in [5, 5.41) is 5.69. The van der Waals surface area contributed by atoms with Crippen LogP contribution in [-0.4, -0.2) is 24.2 Å². The highest BCUT2D eigenvalue weighted by atomic mass is 16.5. The fraction of sp³-hybridized carbons (Fsp3) is 0.211. The van der Waals surface area contributed by atoms with E-state index in [1.165, 1.54) is 5.56 Å². The summed E-state index contributed by atoms with van der Waals surface area (Å²) in [6.07, 6.45) is 3.85. The van der Waals surface area contributed by atoms with Crippen LogP contribution in [0.15, 0.2) is 67.0 Å². The molecule has 0 aliphatic carbocycles. The maximum atomic E-state index is 6.37. The first-order chi connectivity index (χ1) is 10.9. The van der Waals surface area contributed by atoms with Crippen molar-refractivity contribution in [3.63, 3.8) is 0 Å². The summed E-state index contributed by atoms with van der Waals surface area (Å²) in [4.78, 5) is 4.18. The molecule has 1 N–H and O–H groups in total. The zero-order valence-electron chi connectivity index (χ0n) is 12.3. The van der Waals surface area contributed by atoms with Gasteiger partial charge in [-0.3, -0.25) is 4.98 Å². The minimum Gasteiger partial charge on any atom is -0.488 e. The first-order valence-corrected chi connectivity index (χ1v) is 7.67. The Morgan fingerprint density at radius 1 is 0.955 bits per heavy atom. The average molecular weight is 290 g/mol. The van der Waals surface area contributed by atoms with Gasteiger partial charge in [0.15, 0.2) is 0 Å². The third kappa shape index (κ3) is 2.44. The highest BCUT2D eigenvalue weighted by Gasteiger charge is 2.30. The van der Waals surface area contributed by atoms with Crippen molar-refractivity contribution in [3.8, 4) is 5.75 Å². The Balaban J connectivity index is 1.64. The van der Waals surface area contributed by atoms with Gasteiger partial charge < -0.3 is 10.1 Å². The molecule has 2 heterocycles. The summed E-state index contributed by atoms with van der Waals surface area (Å²) in [5.41, 5.74) is 1.33. The average Bonchev–Trinajstić information content (AvgIpc) is 3.04. The second kappa shape index (κ2) is 5.78. The standard InChI is InChI=1S/C19H18N2O/c1-2-5-14(6-3-1)17-12-21-13-19(17)22-18-8-4-7-15-11-20-10-9-16(15)18/h1-11,17,19,21H,12-13H2/t17-,19+/m1/s1. The van der Waals surface area contributed by atoms with E-state index in [-0.39, 0.29) is 6.10 Å². The van der Waals surface area contributed by atoms with Gasteiger partial charge in [0.2, 0.25) is 0 Å². The van der Waals surface area contributed by atoms with E-state index in [9.17, 15) is 0 Å². The van der Waals surface area contributed by atoms with Crippen LogP contribution in [0.4, 0.5) is 0 Å². The molecule has 1 aliphatic heterocycles. The Morgan fingerprint density at radius 3 is 2.77 bits per heavy atom. The summed E-state index contributed by atoms with van der Waals surface area (Å²) in [7, 11) is 0. The number of hydrogen-bond donors (Lipinski definition) is 1. The summed E-state index contributed by atoms with van der Waals surface area (Å²) >= 11 is 0. The van der Waals surface area contributed by atoms with Gasteiger partial charge in [-0.15, -0.1) is 0 Å². The number of nitrogens with zero attached hydrogens (tertiary/aromatic N) is 1. The molecule has 2 atom stereocenters. The van der Waals surface area contributed by atoms with Gasteiger partial charge in [-0.2, -0.15) is 0 Å². The number of nitrogens with one attached hydrogen (secondary N) is 1. The summed E-state index contributed by atoms with van der Waals surface area (Å²) < 4.78 is 6.37. The van der Waals surface area contributed by atoms with E-state index in [2.05, 4.69) is 46.7 Å². The number of hydrogen-bond acceptors (Lipinski definition) is 3. The zero-order valence-corrected chi connectivity index (χ0v) is 12.3. The minimum absolute atomic E-state index is 0.154. The van der Waals surface area contributed by atoms with Crippen molar-refractivity contribution in [3.05, 3.63) is 72.6 Å². The van der Waals surface area contributed by atoms with Crippen molar-refractivity contribution in [1.82, 2.24) is 10.3 Å². The number of rotatable bonds is 3. The number of pyridine rings is 1. The number of fused-ring (bicyclic) bond motifs is 1. The molecule has 3 nitrogen and oxygen atoms in total. The predicted molar refractivity (Wildman–Crippen MR) is 88.2 cm³/mol. The third-order valence-corrected chi connectivity index (χ3v) is 4.31. The largest absolute Gasteiger partial charge is 0.488 e. The monoisotopic (exact) mass is 290 g/mol. The van der Waals surface area contributed by atoms with E-state index in [0.29, 0.717) is 5.92 Å². The van der Waals surface area contributed by atoms with E-state index < -0.39 is 0 Å². The molecule has 4 rings (SSSR count). The summed E-state index contributed by atoms with van der Waals surface area (Å²) in [6.45, 7) is 1.84. The molecule has 0 radical (unpaired) electrons. The van der Waals surface area contributed by atoms with Gasteiger partial charge in [-0.25, -0.2) is 0 Å². The van der Waals surface area contributed by atoms with Crippen LogP contribution in [0.25, 0.3) is 10.8 Å². The van der Waals surface area contributed by atoms with Crippen molar-refractivity contribution in [2.45, 2.75) is 12.0 Å². The van der Waals surface area contributed by atoms with Gasteiger partial charge in [0.25, 0.3) is 0 Å². The molecule has 3 aromatic rings. The second-order valence-corrected chi connectivity index (χ2v) is 5.68. The van der Waals surface area contributed by atoms with Gasteiger partial charge in [-0.05, 0) is 17.7 Å². The van der Waals surface area contributed by atoms with Crippen LogP contribution in [0.2, 0.25) is 0 Å². The van der Waals surface area contributed by atoms with E-state index in [4.69, 9.17) is 4.74 Å². The molecule has 1 saturated heterocycles. The van der Waals surface area contributed by atoms with Gasteiger partial charge in [-0.1, -0.05) is 42.5 Å². The van der Waals surface area contributed by atoms with Crippen LogP contribution in [0.3, 0.4) is 0 Å². The molecule has 2 aromatic carbocycles. The van der Waals surface area contributed by atoms with Crippen molar-refractivity contribution >= 4 is 10.8 Å². The zero-order chi connectivity index (χ0) is 14.8. The quantitative estimate of drug-likeness (QED) is 0.803. The van der Waals surface area contributed by atoms with Gasteiger partial charge >= 0.3 is 0 Å². The molecule has 0 amide bonds. The van der Waals surface area contributed by atoms with Gasteiger partial charge in [0, 0.05) is 42.2 Å². The summed E-state index contributed by atoms with van der Waals surface area (Å²) in [5.74, 6) is 1.33. The lowest BCUT2D eigenvalue weighted by atomic mass is 9.96.